The van der Waals surface area contributed by atoms with Gasteiger partial charge in [-0.3, -0.25) is 4.90 Å². The summed E-state index contributed by atoms with van der Waals surface area (Å²) in [6.45, 7) is 5.87. The highest BCUT2D eigenvalue weighted by atomic mass is 16.5. The minimum Gasteiger partial charge on any atom is -0.364 e. The van der Waals surface area contributed by atoms with Crippen molar-refractivity contribution >= 4 is 0 Å². The first kappa shape index (κ1) is 28.3. The highest BCUT2D eigenvalue weighted by molar-refractivity contribution is 5.68. The average molecular weight is 538 g/mol. The highest BCUT2D eigenvalue weighted by Crippen LogP contribution is 2.32. The van der Waals surface area contributed by atoms with E-state index in [2.05, 4.69) is 77.1 Å². The first-order valence-corrected chi connectivity index (χ1v) is 15.0. The van der Waals surface area contributed by atoms with Crippen LogP contribution in [0.1, 0.15) is 75.0 Å². The van der Waals surface area contributed by atoms with Gasteiger partial charge in [-0.15, -0.1) is 0 Å². The molecule has 1 fully saturated rings. The molecule has 5 nitrogen and oxygen atoms in total. The number of hydrogen-bond acceptors (Lipinski definition) is 4. The highest BCUT2D eigenvalue weighted by Gasteiger charge is 2.24. The SMILES string of the molecule is CCCCn1c(-c2ccccc2)nc(-c2ccccc2)c1CN(Cc1ccc(C(O)O)cc1)CC1CCCCC1. The maximum Gasteiger partial charge on any atom is 0.178 e. The predicted molar refractivity (Wildman–Crippen MR) is 162 cm³/mol. The van der Waals surface area contributed by atoms with Crippen LogP contribution in [0, 0.1) is 5.92 Å². The van der Waals surface area contributed by atoms with Crippen molar-refractivity contribution in [2.45, 2.75) is 77.8 Å². The molecule has 210 valence electrons. The van der Waals surface area contributed by atoms with E-state index in [0.717, 1.165) is 61.7 Å². The van der Waals surface area contributed by atoms with E-state index in [9.17, 15) is 10.2 Å². The van der Waals surface area contributed by atoms with Gasteiger partial charge in [0.2, 0.25) is 0 Å². The van der Waals surface area contributed by atoms with E-state index in [4.69, 9.17) is 4.98 Å². The molecule has 1 aliphatic carbocycles. The van der Waals surface area contributed by atoms with Crippen molar-refractivity contribution in [2.24, 2.45) is 5.92 Å². The van der Waals surface area contributed by atoms with Crippen LogP contribution in [0.15, 0.2) is 84.9 Å². The van der Waals surface area contributed by atoms with Crippen molar-refractivity contribution in [3.05, 3.63) is 102 Å². The maximum absolute atomic E-state index is 9.58. The van der Waals surface area contributed by atoms with Crippen LogP contribution in [0.4, 0.5) is 0 Å². The monoisotopic (exact) mass is 537 g/mol. The summed E-state index contributed by atoms with van der Waals surface area (Å²) in [4.78, 5) is 7.92. The Balaban J connectivity index is 1.55. The Labute approximate surface area is 239 Å². The van der Waals surface area contributed by atoms with E-state index < -0.39 is 6.29 Å². The lowest BCUT2D eigenvalue weighted by atomic mass is 9.89. The van der Waals surface area contributed by atoms with E-state index in [0.29, 0.717) is 11.5 Å². The molecule has 0 atom stereocenters. The zero-order chi connectivity index (χ0) is 27.7. The van der Waals surface area contributed by atoms with Crippen molar-refractivity contribution in [1.82, 2.24) is 14.5 Å². The number of unbranched alkanes of at least 4 members (excludes halogenated alkanes) is 1. The molecule has 4 aromatic rings. The second-order valence-electron chi connectivity index (χ2n) is 11.3. The van der Waals surface area contributed by atoms with Gasteiger partial charge in [-0.05, 0) is 30.7 Å². The summed E-state index contributed by atoms with van der Waals surface area (Å²) in [5.41, 5.74) is 6.37. The van der Waals surface area contributed by atoms with Crippen LogP contribution in [0.5, 0.6) is 0 Å². The van der Waals surface area contributed by atoms with Gasteiger partial charge in [0.1, 0.15) is 5.82 Å². The van der Waals surface area contributed by atoms with Crippen molar-refractivity contribution in [1.29, 1.82) is 0 Å². The van der Waals surface area contributed by atoms with Crippen LogP contribution in [0.25, 0.3) is 22.6 Å². The number of imidazole rings is 1. The Hall–Kier alpha value is -3.25. The Morgan fingerprint density at radius 3 is 2.10 bits per heavy atom. The van der Waals surface area contributed by atoms with Crippen LogP contribution in [0.2, 0.25) is 0 Å². The molecule has 40 heavy (non-hydrogen) atoms. The second kappa shape index (κ2) is 13.9. The summed E-state index contributed by atoms with van der Waals surface area (Å²) < 4.78 is 2.47. The van der Waals surface area contributed by atoms with Gasteiger partial charge in [0.15, 0.2) is 6.29 Å². The largest absolute Gasteiger partial charge is 0.364 e. The molecular formula is C35H43N3O2. The minimum absolute atomic E-state index is 0.527. The summed E-state index contributed by atoms with van der Waals surface area (Å²) in [7, 11) is 0. The van der Waals surface area contributed by atoms with Crippen LogP contribution in [-0.4, -0.2) is 31.2 Å². The zero-order valence-electron chi connectivity index (χ0n) is 23.8. The van der Waals surface area contributed by atoms with E-state index in [1.807, 2.05) is 24.3 Å². The summed E-state index contributed by atoms with van der Waals surface area (Å²) in [6, 6.07) is 28.9. The van der Waals surface area contributed by atoms with Gasteiger partial charge in [0.05, 0.1) is 11.4 Å². The van der Waals surface area contributed by atoms with Crippen molar-refractivity contribution < 1.29 is 10.2 Å². The molecular weight excluding hydrogens is 494 g/mol. The molecule has 0 spiro atoms. The molecule has 1 aliphatic rings. The summed E-state index contributed by atoms with van der Waals surface area (Å²) >= 11 is 0. The normalized spacial score (nSPS) is 14.3. The topological polar surface area (TPSA) is 61.5 Å². The molecule has 1 heterocycles. The van der Waals surface area contributed by atoms with Crippen molar-refractivity contribution in [2.75, 3.05) is 6.54 Å². The van der Waals surface area contributed by atoms with Crippen molar-refractivity contribution in [3.63, 3.8) is 0 Å². The number of hydrogen-bond donors (Lipinski definition) is 2. The Morgan fingerprint density at radius 2 is 1.48 bits per heavy atom. The fourth-order valence-electron chi connectivity index (χ4n) is 6.02. The molecule has 5 heteroatoms. The first-order valence-electron chi connectivity index (χ1n) is 15.0. The number of nitrogens with zero attached hydrogens (tertiary/aromatic N) is 3. The van der Waals surface area contributed by atoms with Crippen LogP contribution < -0.4 is 0 Å². The molecule has 5 rings (SSSR count). The Morgan fingerprint density at radius 1 is 0.825 bits per heavy atom. The van der Waals surface area contributed by atoms with E-state index in [1.54, 1.807) is 0 Å². The zero-order valence-corrected chi connectivity index (χ0v) is 23.8. The molecule has 0 radical (unpaired) electrons. The second-order valence-corrected chi connectivity index (χ2v) is 11.3. The number of benzene rings is 3. The smallest absolute Gasteiger partial charge is 0.178 e. The van der Waals surface area contributed by atoms with Gasteiger partial charge < -0.3 is 14.8 Å². The number of aliphatic hydroxyl groups is 2. The van der Waals surface area contributed by atoms with Crippen LogP contribution in [0.3, 0.4) is 0 Å². The van der Waals surface area contributed by atoms with Crippen molar-refractivity contribution in [3.8, 4) is 22.6 Å². The van der Waals surface area contributed by atoms with Gasteiger partial charge in [0, 0.05) is 42.9 Å². The number of aliphatic hydroxyl groups excluding tert-OH is 1. The molecule has 2 N–H and O–H groups in total. The summed E-state index contributed by atoms with van der Waals surface area (Å²) in [5.74, 6) is 1.75. The summed E-state index contributed by atoms with van der Waals surface area (Å²) in [6.07, 6.45) is 7.37. The molecule has 0 unspecified atom stereocenters. The molecule has 1 aromatic heterocycles. The van der Waals surface area contributed by atoms with Gasteiger partial charge >= 0.3 is 0 Å². The summed E-state index contributed by atoms with van der Waals surface area (Å²) in [5, 5.41) is 19.2. The lowest BCUT2D eigenvalue weighted by Crippen LogP contribution is -2.31. The van der Waals surface area contributed by atoms with E-state index in [-0.39, 0.29) is 0 Å². The standard InChI is InChI=1S/C35H43N3O2/c1-2-3-23-38-32(33(29-15-9-5-10-16-29)36-34(38)30-17-11-6-12-18-30)26-37(24-27-13-7-4-8-14-27)25-28-19-21-31(22-20-28)35(39)40/h5-6,9-12,15-22,27,35,39-40H,2-4,7-8,13-14,23-26H2,1H3. The van der Waals surface area contributed by atoms with Gasteiger partial charge in [-0.25, -0.2) is 4.98 Å². The third-order valence-electron chi connectivity index (χ3n) is 8.19. The Bertz CT molecular complexity index is 1310. The Kier molecular flexibility index (Phi) is 9.82. The predicted octanol–water partition coefficient (Wildman–Crippen LogP) is 7.58. The van der Waals surface area contributed by atoms with E-state index >= 15 is 0 Å². The fourth-order valence-corrected chi connectivity index (χ4v) is 6.02. The fraction of sp³-hybridized carbons (Fsp3) is 0.400. The maximum atomic E-state index is 9.58. The van der Waals surface area contributed by atoms with Crippen LogP contribution in [-0.2, 0) is 19.6 Å². The minimum atomic E-state index is -1.44. The molecule has 1 saturated carbocycles. The van der Waals surface area contributed by atoms with Gasteiger partial charge in [0.25, 0.3) is 0 Å². The number of aromatic nitrogens is 2. The molecule has 3 aromatic carbocycles. The van der Waals surface area contributed by atoms with E-state index in [1.165, 1.54) is 43.4 Å². The van der Waals surface area contributed by atoms with Crippen LogP contribution >= 0.6 is 0 Å². The molecule has 0 amide bonds. The van der Waals surface area contributed by atoms with Gasteiger partial charge in [-0.2, -0.15) is 0 Å². The molecule has 0 bridgehead atoms. The third-order valence-corrected chi connectivity index (χ3v) is 8.19. The quantitative estimate of drug-likeness (QED) is 0.183. The van der Waals surface area contributed by atoms with Gasteiger partial charge in [-0.1, -0.05) is 118 Å². The molecule has 0 saturated heterocycles. The average Bonchev–Trinajstić information content (AvgIpc) is 3.35. The lowest BCUT2D eigenvalue weighted by molar-refractivity contribution is -0.0425. The third kappa shape index (κ3) is 7.08. The first-order chi connectivity index (χ1) is 19.6. The lowest BCUT2D eigenvalue weighted by Gasteiger charge is -2.30. The number of rotatable bonds is 12. The molecule has 0 aliphatic heterocycles.